The Morgan fingerprint density at radius 1 is 1.50 bits per heavy atom. The molecule has 0 fully saturated rings. The van der Waals surface area contributed by atoms with E-state index in [9.17, 15) is 14.7 Å². The van der Waals surface area contributed by atoms with Gasteiger partial charge in [-0.05, 0) is 28.1 Å². The number of aldehydes is 1. The highest BCUT2D eigenvalue weighted by Crippen LogP contribution is 2.30. The van der Waals surface area contributed by atoms with Gasteiger partial charge < -0.3 is 15.0 Å². The number of benzene rings is 1. The highest BCUT2D eigenvalue weighted by atomic mass is 79.9. The fraction of sp³-hybridized carbons (Fsp3) is 0.111. The van der Waals surface area contributed by atoms with Crippen molar-refractivity contribution in [3.05, 3.63) is 27.7 Å². The van der Waals surface area contributed by atoms with Crippen LogP contribution in [-0.4, -0.2) is 22.5 Å². The standard InChI is InChI=1S/C9H7BrO4/c10-7-2-1-6(9(13)14)5(3-4-11)8(7)12/h1-2,4,12H,3H2,(H,13,14). The molecule has 14 heavy (non-hydrogen) atoms. The van der Waals surface area contributed by atoms with Crippen LogP contribution in [-0.2, 0) is 11.2 Å². The number of hydrogen-bond donors (Lipinski definition) is 2. The minimum atomic E-state index is -1.16. The third-order valence-corrected chi connectivity index (χ3v) is 2.39. The summed E-state index contributed by atoms with van der Waals surface area (Å²) in [5, 5.41) is 18.3. The van der Waals surface area contributed by atoms with Crippen molar-refractivity contribution >= 4 is 28.2 Å². The molecule has 1 aromatic rings. The lowest BCUT2D eigenvalue weighted by atomic mass is 10.0. The SMILES string of the molecule is O=CCc1c(C(=O)O)ccc(Br)c1O. The van der Waals surface area contributed by atoms with Crippen molar-refractivity contribution in [3.8, 4) is 5.75 Å². The first kappa shape index (κ1) is 10.7. The van der Waals surface area contributed by atoms with Crippen LogP contribution in [0.5, 0.6) is 5.75 Å². The Balaban J connectivity index is 3.36. The monoisotopic (exact) mass is 258 g/mol. The zero-order valence-corrected chi connectivity index (χ0v) is 8.61. The van der Waals surface area contributed by atoms with Crippen molar-refractivity contribution in [2.75, 3.05) is 0 Å². The molecule has 1 aromatic carbocycles. The average Bonchev–Trinajstić information content (AvgIpc) is 2.13. The Labute approximate surface area is 88.3 Å². The molecule has 0 aliphatic heterocycles. The summed E-state index contributed by atoms with van der Waals surface area (Å²) >= 11 is 3.04. The summed E-state index contributed by atoms with van der Waals surface area (Å²) in [4.78, 5) is 21.0. The maximum atomic E-state index is 10.7. The van der Waals surface area contributed by atoms with Crippen molar-refractivity contribution in [1.29, 1.82) is 0 Å². The molecule has 0 aromatic heterocycles. The van der Waals surface area contributed by atoms with Gasteiger partial charge in [0, 0.05) is 12.0 Å². The second kappa shape index (κ2) is 4.23. The number of phenols is 1. The van der Waals surface area contributed by atoms with Crippen LogP contribution in [0.3, 0.4) is 0 Å². The summed E-state index contributed by atoms with van der Waals surface area (Å²) < 4.78 is 0.374. The highest BCUT2D eigenvalue weighted by Gasteiger charge is 2.15. The zero-order valence-electron chi connectivity index (χ0n) is 7.03. The first-order chi connectivity index (χ1) is 6.57. The molecule has 0 spiro atoms. The second-order valence-electron chi connectivity index (χ2n) is 2.60. The van der Waals surface area contributed by atoms with Gasteiger partial charge in [0.25, 0.3) is 0 Å². The lowest BCUT2D eigenvalue weighted by Gasteiger charge is -2.06. The Bertz CT molecular complexity index is 387. The van der Waals surface area contributed by atoms with Gasteiger partial charge in [-0.2, -0.15) is 0 Å². The van der Waals surface area contributed by atoms with E-state index in [0.717, 1.165) is 0 Å². The predicted octanol–water partition coefficient (Wildman–Crippen LogP) is 1.59. The van der Waals surface area contributed by atoms with E-state index in [0.29, 0.717) is 10.8 Å². The number of carboxylic acids is 1. The van der Waals surface area contributed by atoms with E-state index < -0.39 is 5.97 Å². The quantitative estimate of drug-likeness (QED) is 0.808. The van der Waals surface area contributed by atoms with Crippen LogP contribution in [0.25, 0.3) is 0 Å². The van der Waals surface area contributed by atoms with Crippen LogP contribution in [0, 0.1) is 0 Å². The molecule has 2 N–H and O–H groups in total. The zero-order chi connectivity index (χ0) is 10.7. The van der Waals surface area contributed by atoms with E-state index in [-0.39, 0.29) is 23.3 Å². The van der Waals surface area contributed by atoms with Crippen molar-refractivity contribution in [2.45, 2.75) is 6.42 Å². The Kier molecular flexibility index (Phi) is 3.24. The molecule has 74 valence electrons. The number of aromatic hydroxyl groups is 1. The number of hydrogen-bond acceptors (Lipinski definition) is 3. The fourth-order valence-corrected chi connectivity index (χ4v) is 1.47. The molecule has 0 saturated heterocycles. The van der Waals surface area contributed by atoms with Gasteiger partial charge in [0.15, 0.2) is 0 Å². The minimum absolute atomic E-state index is 0.0576. The van der Waals surface area contributed by atoms with E-state index in [1.807, 2.05) is 0 Å². The number of phenolic OH excluding ortho intramolecular Hbond substituents is 1. The summed E-state index contributed by atoms with van der Waals surface area (Å²) in [7, 11) is 0. The Morgan fingerprint density at radius 3 is 2.64 bits per heavy atom. The molecular formula is C9H7BrO4. The molecule has 0 aliphatic rings. The van der Waals surface area contributed by atoms with Gasteiger partial charge >= 0.3 is 5.97 Å². The van der Waals surface area contributed by atoms with Gasteiger partial charge in [0.1, 0.15) is 12.0 Å². The maximum Gasteiger partial charge on any atom is 0.336 e. The molecule has 0 heterocycles. The minimum Gasteiger partial charge on any atom is -0.506 e. The molecule has 0 amide bonds. The van der Waals surface area contributed by atoms with E-state index >= 15 is 0 Å². The molecule has 4 nitrogen and oxygen atoms in total. The number of aromatic carboxylic acids is 1. The fourth-order valence-electron chi connectivity index (χ4n) is 1.10. The van der Waals surface area contributed by atoms with E-state index in [1.165, 1.54) is 12.1 Å². The molecule has 5 heteroatoms. The van der Waals surface area contributed by atoms with Crippen LogP contribution < -0.4 is 0 Å². The van der Waals surface area contributed by atoms with E-state index in [4.69, 9.17) is 5.11 Å². The Morgan fingerprint density at radius 2 is 2.14 bits per heavy atom. The number of carbonyl (C=O) groups excluding carboxylic acids is 1. The molecule has 0 saturated carbocycles. The van der Waals surface area contributed by atoms with Crippen molar-refractivity contribution in [3.63, 3.8) is 0 Å². The largest absolute Gasteiger partial charge is 0.506 e. The van der Waals surface area contributed by atoms with Crippen LogP contribution in [0.4, 0.5) is 0 Å². The van der Waals surface area contributed by atoms with Gasteiger partial charge in [-0.15, -0.1) is 0 Å². The number of carboxylic acid groups (broad SMARTS) is 1. The summed E-state index contributed by atoms with van der Waals surface area (Å²) in [6.07, 6.45) is 0.431. The molecular weight excluding hydrogens is 252 g/mol. The highest BCUT2D eigenvalue weighted by molar-refractivity contribution is 9.10. The van der Waals surface area contributed by atoms with Crippen molar-refractivity contribution in [2.24, 2.45) is 0 Å². The molecule has 0 atom stereocenters. The van der Waals surface area contributed by atoms with Crippen LogP contribution in [0.2, 0.25) is 0 Å². The van der Waals surface area contributed by atoms with Gasteiger partial charge in [-0.3, -0.25) is 0 Å². The third kappa shape index (κ3) is 1.93. The summed E-state index contributed by atoms with van der Waals surface area (Å²) in [6, 6.07) is 2.76. The smallest absolute Gasteiger partial charge is 0.336 e. The van der Waals surface area contributed by atoms with E-state index in [2.05, 4.69) is 15.9 Å². The first-order valence-corrected chi connectivity index (χ1v) is 4.54. The maximum absolute atomic E-state index is 10.7. The van der Waals surface area contributed by atoms with Crippen LogP contribution in [0.15, 0.2) is 16.6 Å². The van der Waals surface area contributed by atoms with Crippen molar-refractivity contribution < 1.29 is 19.8 Å². The predicted molar refractivity (Wildman–Crippen MR) is 52.5 cm³/mol. The van der Waals surface area contributed by atoms with E-state index in [1.54, 1.807) is 0 Å². The Hall–Kier alpha value is -1.36. The molecule has 0 aliphatic carbocycles. The average molecular weight is 259 g/mol. The molecule has 0 unspecified atom stereocenters. The van der Waals surface area contributed by atoms with Gasteiger partial charge in [-0.25, -0.2) is 4.79 Å². The molecule has 1 rings (SSSR count). The lowest BCUT2D eigenvalue weighted by Crippen LogP contribution is -2.03. The number of carbonyl (C=O) groups is 2. The van der Waals surface area contributed by atoms with Gasteiger partial charge in [0.2, 0.25) is 0 Å². The van der Waals surface area contributed by atoms with Crippen molar-refractivity contribution in [1.82, 2.24) is 0 Å². The van der Waals surface area contributed by atoms with Gasteiger partial charge in [0.05, 0.1) is 10.0 Å². The van der Waals surface area contributed by atoms with Gasteiger partial charge in [-0.1, -0.05) is 0 Å². The normalized spacial score (nSPS) is 9.79. The first-order valence-electron chi connectivity index (χ1n) is 3.75. The van der Waals surface area contributed by atoms with Crippen LogP contribution in [0.1, 0.15) is 15.9 Å². The molecule has 0 radical (unpaired) electrons. The molecule has 0 bridgehead atoms. The third-order valence-electron chi connectivity index (χ3n) is 1.75. The topological polar surface area (TPSA) is 74.6 Å². The summed E-state index contributed by atoms with van der Waals surface area (Å²) in [5.41, 5.74) is 0.0691. The number of rotatable bonds is 3. The summed E-state index contributed by atoms with van der Waals surface area (Å²) in [6.45, 7) is 0. The number of halogens is 1. The summed E-state index contributed by atoms with van der Waals surface area (Å²) in [5.74, 6) is -1.36. The lowest BCUT2D eigenvalue weighted by molar-refractivity contribution is -0.107. The second-order valence-corrected chi connectivity index (χ2v) is 3.45. The van der Waals surface area contributed by atoms with Crippen LogP contribution >= 0.6 is 15.9 Å².